The van der Waals surface area contributed by atoms with Gasteiger partial charge in [-0.2, -0.15) is 0 Å². The van der Waals surface area contributed by atoms with Gasteiger partial charge in [0.1, 0.15) is 12.1 Å². The quantitative estimate of drug-likeness (QED) is 0.646. The van der Waals surface area contributed by atoms with E-state index in [1.807, 2.05) is 0 Å². The zero-order chi connectivity index (χ0) is 12.3. The lowest BCUT2D eigenvalue weighted by Gasteiger charge is -2.13. The van der Waals surface area contributed by atoms with Gasteiger partial charge in [0.05, 0.1) is 7.11 Å². The predicted octanol–water partition coefficient (Wildman–Crippen LogP) is 1.02. The average Bonchev–Trinajstić information content (AvgIpc) is 2.80. The number of pyridine rings is 1. The van der Waals surface area contributed by atoms with E-state index >= 15 is 0 Å². The molecule has 0 bridgehead atoms. The van der Waals surface area contributed by atoms with Crippen molar-refractivity contribution in [1.82, 2.24) is 10.3 Å². The van der Waals surface area contributed by atoms with E-state index in [1.54, 1.807) is 18.3 Å². The Morgan fingerprint density at radius 3 is 3.18 bits per heavy atom. The van der Waals surface area contributed by atoms with E-state index in [0.717, 1.165) is 0 Å². The molecular formula is C11H13ClN2O3. The van der Waals surface area contributed by atoms with Crippen LogP contribution in [0.4, 0.5) is 0 Å². The Kier molecular flexibility index (Phi) is 3.81. The van der Waals surface area contributed by atoms with Gasteiger partial charge in [-0.3, -0.25) is 4.79 Å². The highest BCUT2D eigenvalue weighted by molar-refractivity contribution is 6.30. The van der Waals surface area contributed by atoms with Crippen molar-refractivity contribution in [2.75, 3.05) is 13.7 Å². The van der Waals surface area contributed by atoms with E-state index < -0.39 is 0 Å². The van der Waals surface area contributed by atoms with E-state index in [0.29, 0.717) is 23.9 Å². The van der Waals surface area contributed by atoms with Gasteiger partial charge in [-0.05, 0) is 12.1 Å². The zero-order valence-corrected chi connectivity index (χ0v) is 10.1. The molecule has 0 spiro atoms. The Morgan fingerprint density at radius 2 is 2.47 bits per heavy atom. The van der Waals surface area contributed by atoms with Crippen LogP contribution >= 0.6 is 11.6 Å². The number of halogens is 1. The highest BCUT2D eigenvalue weighted by Gasteiger charge is 2.31. The zero-order valence-electron chi connectivity index (χ0n) is 9.35. The number of hydrogen-bond acceptors (Lipinski definition) is 5. The Hall–Kier alpha value is -1.33. The van der Waals surface area contributed by atoms with Crippen molar-refractivity contribution < 1.29 is 14.3 Å². The fourth-order valence-corrected chi connectivity index (χ4v) is 1.92. The first kappa shape index (κ1) is 12.1. The molecule has 1 saturated heterocycles. The molecule has 5 nitrogen and oxygen atoms in total. The molecule has 6 heteroatoms. The number of methoxy groups -OCH3 is 1. The van der Waals surface area contributed by atoms with Gasteiger partial charge in [0.2, 0.25) is 0 Å². The van der Waals surface area contributed by atoms with Crippen LogP contribution in [0.25, 0.3) is 0 Å². The largest absolute Gasteiger partial charge is 0.486 e. The van der Waals surface area contributed by atoms with Crippen molar-refractivity contribution in [3.8, 4) is 5.75 Å². The molecule has 0 aromatic carbocycles. The fraction of sp³-hybridized carbons (Fsp3) is 0.455. The van der Waals surface area contributed by atoms with Crippen LogP contribution in [-0.2, 0) is 9.53 Å². The van der Waals surface area contributed by atoms with Gasteiger partial charge >= 0.3 is 5.97 Å². The lowest BCUT2D eigenvalue weighted by Crippen LogP contribution is -2.31. The molecule has 0 radical (unpaired) electrons. The van der Waals surface area contributed by atoms with Gasteiger partial charge in [-0.25, -0.2) is 4.98 Å². The molecule has 1 N–H and O–H groups in total. The van der Waals surface area contributed by atoms with Crippen LogP contribution in [-0.4, -0.2) is 36.8 Å². The molecule has 92 valence electrons. The second-order valence-corrected chi connectivity index (χ2v) is 4.11. The summed E-state index contributed by atoms with van der Waals surface area (Å²) < 4.78 is 10.3. The lowest BCUT2D eigenvalue weighted by molar-refractivity contribution is -0.142. The Morgan fingerprint density at radius 1 is 1.65 bits per heavy atom. The SMILES string of the molecule is COC(=O)[C@H]1C[C@@H](Oc2cccnc2Cl)CN1. The first-order chi connectivity index (χ1) is 8.20. The average molecular weight is 257 g/mol. The van der Waals surface area contributed by atoms with Crippen molar-refractivity contribution in [3.63, 3.8) is 0 Å². The van der Waals surface area contributed by atoms with Crippen LogP contribution in [0, 0.1) is 0 Å². The number of nitrogens with one attached hydrogen (secondary N) is 1. The lowest BCUT2D eigenvalue weighted by atomic mass is 10.2. The van der Waals surface area contributed by atoms with Crippen LogP contribution in [0.2, 0.25) is 5.15 Å². The van der Waals surface area contributed by atoms with Crippen LogP contribution < -0.4 is 10.1 Å². The number of carbonyl (C=O) groups excluding carboxylic acids is 1. The van der Waals surface area contributed by atoms with Crippen molar-refractivity contribution >= 4 is 17.6 Å². The monoisotopic (exact) mass is 256 g/mol. The highest BCUT2D eigenvalue weighted by atomic mass is 35.5. The Labute approximate surface area is 104 Å². The molecule has 1 fully saturated rings. The molecule has 0 saturated carbocycles. The molecule has 0 aliphatic carbocycles. The molecule has 1 aliphatic rings. The minimum atomic E-state index is -0.305. The van der Waals surface area contributed by atoms with Crippen molar-refractivity contribution in [2.45, 2.75) is 18.6 Å². The minimum Gasteiger partial charge on any atom is -0.486 e. The molecule has 17 heavy (non-hydrogen) atoms. The third-order valence-electron chi connectivity index (χ3n) is 2.59. The maximum absolute atomic E-state index is 11.3. The van der Waals surface area contributed by atoms with E-state index in [9.17, 15) is 4.79 Å². The van der Waals surface area contributed by atoms with Crippen molar-refractivity contribution in [2.24, 2.45) is 0 Å². The summed E-state index contributed by atoms with van der Waals surface area (Å²) in [5, 5.41) is 3.36. The van der Waals surface area contributed by atoms with E-state index in [-0.39, 0.29) is 18.1 Å². The molecule has 1 aliphatic heterocycles. The topological polar surface area (TPSA) is 60.5 Å². The summed E-state index contributed by atoms with van der Waals surface area (Å²) in [6.45, 7) is 0.588. The number of hydrogen-bond donors (Lipinski definition) is 1. The van der Waals surface area contributed by atoms with Gasteiger partial charge in [-0.1, -0.05) is 11.6 Å². The molecule has 2 atom stereocenters. The Balaban J connectivity index is 1.94. The van der Waals surface area contributed by atoms with Gasteiger partial charge in [-0.15, -0.1) is 0 Å². The Bertz CT molecular complexity index is 413. The van der Waals surface area contributed by atoms with Gasteiger partial charge in [0, 0.05) is 19.2 Å². The predicted molar refractivity (Wildman–Crippen MR) is 62.1 cm³/mol. The number of esters is 1. The van der Waals surface area contributed by atoms with E-state index in [2.05, 4.69) is 15.0 Å². The third kappa shape index (κ3) is 2.87. The van der Waals surface area contributed by atoms with Gasteiger partial charge in [0.15, 0.2) is 10.9 Å². The molecule has 1 aromatic rings. The summed E-state index contributed by atoms with van der Waals surface area (Å²) >= 11 is 5.88. The maximum Gasteiger partial charge on any atom is 0.323 e. The van der Waals surface area contributed by atoms with Crippen LogP contribution in [0.15, 0.2) is 18.3 Å². The van der Waals surface area contributed by atoms with Crippen molar-refractivity contribution in [1.29, 1.82) is 0 Å². The van der Waals surface area contributed by atoms with Gasteiger partial charge < -0.3 is 14.8 Å². The summed E-state index contributed by atoms with van der Waals surface area (Å²) in [6, 6.07) is 3.20. The minimum absolute atomic E-state index is 0.0965. The standard InChI is InChI=1S/C11H13ClN2O3/c1-16-11(15)8-5-7(6-14-8)17-9-3-2-4-13-10(9)12/h2-4,7-8,14H,5-6H2,1H3/t7-,8-/m1/s1. The summed E-state index contributed by atoms with van der Waals surface area (Å²) in [5.74, 6) is 0.264. The maximum atomic E-state index is 11.3. The molecule has 2 heterocycles. The van der Waals surface area contributed by atoms with Crippen molar-refractivity contribution in [3.05, 3.63) is 23.5 Å². The first-order valence-corrected chi connectivity index (χ1v) is 5.67. The highest BCUT2D eigenvalue weighted by Crippen LogP contribution is 2.24. The summed E-state index contributed by atoms with van der Waals surface area (Å²) in [6.07, 6.45) is 2.07. The molecule has 1 aromatic heterocycles. The third-order valence-corrected chi connectivity index (χ3v) is 2.88. The van der Waals surface area contributed by atoms with Crippen LogP contribution in [0.3, 0.4) is 0 Å². The molecule has 0 amide bonds. The number of aromatic nitrogens is 1. The number of rotatable bonds is 3. The number of nitrogens with zero attached hydrogens (tertiary/aromatic N) is 1. The molecule has 0 unspecified atom stereocenters. The molecular weight excluding hydrogens is 244 g/mol. The van der Waals surface area contributed by atoms with Crippen LogP contribution in [0.1, 0.15) is 6.42 Å². The normalized spacial score (nSPS) is 23.4. The number of ether oxygens (including phenoxy) is 2. The smallest absolute Gasteiger partial charge is 0.323 e. The van der Waals surface area contributed by atoms with Gasteiger partial charge in [0.25, 0.3) is 0 Å². The summed E-state index contributed by atoms with van der Waals surface area (Å²) in [7, 11) is 1.37. The molecule has 2 rings (SSSR count). The summed E-state index contributed by atoms with van der Waals surface area (Å²) in [4.78, 5) is 15.2. The first-order valence-electron chi connectivity index (χ1n) is 5.29. The van der Waals surface area contributed by atoms with Crippen LogP contribution in [0.5, 0.6) is 5.75 Å². The van der Waals surface area contributed by atoms with E-state index in [1.165, 1.54) is 7.11 Å². The fourth-order valence-electron chi connectivity index (χ4n) is 1.75. The second-order valence-electron chi connectivity index (χ2n) is 3.75. The number of carbonyl (C=O) groups is 1. The van der Waals surface area contributed by atoms with E-state index in [4.69, 9.17) is 16.3 Å². The second kappa shape index (κ2) is 5.33. The summed E-state index contributed by atoms with van der Waals surface area (Å²) in [5.41, 5.74) is 0.